The quantitative estimate of drug-likeness (QED) is 0.165. The monoisotopic (exact) mass is 602 g/mol. The highest BCUT2D eigenvalue weighted by Crippen LogP contribution is 2.29. The molecule has 2 aromatic rings. The highest BCUT2D eigenvalue weighted by atomic mass is 19.1. The molecular formula is C24H35FN6O11. The molecule has 0 unspecified atom stereocenters. The number of aromatic nitrogens is 4. The summed E-state index contributed by atoms with van der Waals surface area (Å²) in [5.74, 6) is -1.53. The Balaban J connectivity index is 0.000000247. The van der Waals surface area contributed by atoms with Crippen LogP contribution >= 0.6 is 0 Å². The highest BCUT2D eigenvalue weighted by molar-refractivity contribution is 5.83. The summed E-state index contributed by atoms with van der Waals surface area (Å²) < 4.78 is 31.1. The fourth-order valence-corrected chi connectivity index (χ4v) is 4.15. The Morgan fingerprint density at radius 3 is 2.26 bits per heavy atom. The number of ether oxygens (including phenoxy) is 3. The third-order valence-corrected chi connectivity index (χ3v) is 6.50. The zero-order valence-electron chi connectivity index (χ0n) is 22.8. The van der Waals surface area contributed by atoms with Crippen LogP contribution in [0.5, 0.6) is 0 Å². The second-order valence-electron chi connectivity index (χ2n) is 9.58. The summed E-state index contributed by atoms with van der Waals surface area (Å²) in [6, 6.07) is 1.37. The van der Waals surface area contributed by atoms with Crippen LogP contribution in [0.25, 0.3) is 0 Å². The number of carbonyl (C=O) groups is 1. The van der Waals surface area contributed by atoms with E-state index in [4.69, 9.17) is 25.1 Å². The van der Waals surface area contributed by atoms with E-state index in [-0.39, 0.29) is 12.4 Å². The Kier molecular flexibility index (Phi) is 11.5. The second kappa shape index (κ2) is 14.6. The lowest BCUT2D eigenvalue weighted by molar-refractivity contribution is -0.0549. The summed E-state index contributed by atoms with van der Waals surface area (Å²) in [6.45, 7) is 3.23. The number of hydrogen-bond acceptors (Lipinski definition) is 14. The number of nitrogens with zero attached hydrogens (tertiary/aromatic N) is 4. The summed E-state index contributed by atoms with van der Waals surface area (Å²) in [7, 11) is 0. The number of carbonyl (C=O) groups excluding carboxylic acids is 1. The SMILES string of the molecule is CCCCCOC(=O)Nc1nc(=O)n([C@@H]2O[C@H](C)[C@@H](O)[C@H]2O)cc1F.Nc1ccn([C@@H]2O[C@H](CO)[C@@H](O)[C@@H]2O)c(=O)n1. The normalized spacial score (nSPS) is 28.7. The van der Waals surface area contributed by atoms with Crippen molar-refractivity contribution in [2.75, 3.05) is 24.3 Å². The van der Waals surface area contributed by atoms with Crippen LogP contribution in [0.15, 0.2) is 28.0 Å². The van der Waals surface area contributed by atoms with Gasteiger partial charge in [-0.3, -0.25) is 14.5 Å². The lowest BCUT2D eigenvalue weighted by atomic mass is 10.1. The van der Waals surface area contributed by atoms with Gasteiger partial charge >= 0.3 is 17.5 Å². The average molecular weight is 603 g/mol. The van der Waals surface area contributed by atoms with Crippen molar-refractivity contribution < 1.29 is 48.9 Å². The van der Waals surface area contributed by atoms with E-state index in [1.54, 1.807) is 0 Å². The molecule has 0 spiro atoms. The Morgan fingerprint density at radius 1 is 1.05 bits per heavy atom. The molecule has 8 N–H and O–H groups in total. The number of nitrogens with one attached hydrogen (secondary N) is 1. The Morgan fingerprint density at radius 2 is 1.69 bits per heavy atom. The maximum Gasteiger partial charge on any atom is 0.412 e. The van der Waals surface area contributed by atoms with Gasteiger partial charge < -0.3 is 45.5 Å². The number of unbranched alkanes of at least 4 members (excludes halogenated alkanes) is 2. The molecule has 8 atom stereocenters. The van der Waals surface area contributed by atoms with Crippen molar-refractivity contribution in [1.82, 2.24) is 19.1 Å². The van der Waals surface area contributed by atoms with Crippen molar-refractivity contribution in [2.45, 2.75) is 82.2 Å². The smallest absolute Gasteiger partial charge is 0.412 e. The number of hydrogen-bond donors (Lipinski definition) is 7. The van der Waals surface area contributed by atoms with E-state index in [2.05, 4.69) is 15.3 Å². The number of nitrogen functional groups attached to an aromatic ring is 1. The Bertz CT molecular complexity index is 1330. The van der Waals surface area contributed by atoms with Gasteiger partial charge in [0.15, 0.2) is 24.1 Å². The number of anilines is 2. The van der Waals surface area contributed by atoms with Gasteiger partial charge in [-0.05, 0) is 19.4 Å². The number of halogens is 1. The third-order valence-electron chi connectivity index (χ3n) is 6.50. The molecule has 2 aliphatic rings. The lowest BCUT2D eigenvalue weighted by Gasteiger charge is -2.17. The van der Waals surface area contributed by atoms with E-state index in [1.807, 2.05) is 6.92 Å². The lowest BCUT2D eigenvalue weighted by Crippen LogP contribution is -2.36. The minimum Gasteiger partial charge on any atom is -0.449 e. The van der Waals surface area contributed by atoms with Crippen molar-refractivity contribution in [1.29, 1.82) is 0 Å². The van der Waals surface area contributed by atoms with E-state index in [9.17, 15) is 39.2 Å². The van der Waals surface area contributed by atoms with Crippen LogP contribution in [0.1, 0.15) is 45.6 Å². The van der Waals surface area contributed by atoms with Crippen LogP contribution in [0.3, 0.4) is 0 Å². The molecule has 0 bridgehead atoms. The van der Waals surface area contributed by atoms with Gasteiger partial charge in [-0.25, -0.2) is 18.8 Å². The van der Waals surface area contributed by atoms with Crippen molar-refractivity contribution in [3.63, 3.8) is 0 Å². The van der Waals surface area contributed by atoms with Crippen LogP contribution in [-0.2, 0) is 14.2 Å². The summed E-state index contributed by atoms with van der Waals surface area (Å²) >= 11 is 0. The van der Waals surface area contributed by atoms with E-state index in [0.29, 0.717) is 6.42 Å². The fraction of sp³-hybridized carbons (Fsp3) is 0.625. The van der Waals surface area contributed by atoms with E-state index in [1.165, 1.54) is 19.2 Å². The topological polar surface area (TPSA) is 254 Å². The van der Waals surface area contributed by atoms with E-state index >= 15 is 0 Å². The van der Waals surface area contributed by atoms with Gasteiger partial charge in [0, 0.05) is 6.20 Å². The molecule has 2 saturated heterocycles. The third kappa shape index (κ3) is 7.65. The van der Waals surface area contributed by atoms with Crippen LogP contribution in [0.4, 0.5) is 20.8 Å². The van der Waals surface area contributed by atoms with Crippen LogP contribution in [0.2, 0.25) is 0 Å². The molecule has 0 aliphatic carbocycles. The summed E-state index contributed by atoms with van der Waals surface area (Å²) in [5.41, 5.74) is 3.68. The maximum atomic E-state index is 14.1. The first kappa shape index (κ1) is 33.0. The molecule has 4 heterocycles. The Labute approximate surface area is 237 Å². The highest BCUT2D eigenvalue weighted by Gasteiger charge is 2.44. The van der Waals surface area contributed by atoms with Gasteiger partial charge in [0.05, 0.1) is 25.5 Å². The number of rotatable bonds is 8. The molecular weight excluding hydrogens is 567 g/mol. The van der Waals surface area contributed by atoms with Gasteiger partial charge in [-0.1, -0.05) is 19.8 Å². The molecule has 1 amide bonds. The average Bonchev–Trinajstić information content (AvgIpc) is 3.37. The zero-order valence-corrected chi connectivity index (χ0v) is 22.8. The molecule has 0 saturated carbocycles. The van der Waals surface area contributed by atoms with Crippen molar-refractivity contribution >= 4 is 17.7 Å². The van der Waals surface area contributed by atoms with E-state index in [0.717, 1.165) is 28.2 Å². The number of amides is 1. The summed E-state index contributed by atoms with van der Waals surface area (Å²) in [4.78, 5) is 42.0. The molecule has 2 aliphatic heterocycles. The molecule has 2 fully saturated rings. The molecule has 17 nitrogen and oxygen atoms in total. The predicted octanol–water partition coefficient (Wildman–Crippen LogP) is -1.80. The first-order valence-electron chi connectivity index (χ1n) is 13.1. The summed E-state index contributed by atoms with van der Waals surface area (Å²) in [6.07, 6.45) is -5.52. The van der Waals surface area contributed by atoms with Crippen molar-refractivity contribution in [2.24, 2.45) is 0 Å². The first-order valence-corrected chi connectivity index (χ1v) is 13.1. The number of aliphatic hydroxyl groups is 5. The van der Waals surface area contributed by atoms with Gasteiger partial charge in [0.2, 0.25) is 0 Å². The molecule has 2 aromatic heterocycles. The molecule has 0 aromatic carbocycles. The van der Waals surface area contributed by atoms with Crippen molar-refractivity contribution in [3.05, 3.63) is 45.2 Å². The minimum atomic E-state index is -1.41. The summed E-state index contributed by atoms with van der Waals surface area (Å²) in [5, 5.41) is 49.8. The van der Waals surface area contributed by atoms with Gasteiger partial charge in [0.25, 0.3) is 0 Å². The van der Waals surface area contributed by atoms with Crippen LogP contribution in [0, 0.1) is 5.82 Å². The van der Waals surface area contributed by atoms with Gasteiger partial charge in [0.1, 0.15) is 36.3 Å². The van der Waals surface area contributed by atoms with Crippen LogP contribution < -0.4 is 22.4 Å². The van der Waals surface area contributed by atoms with Gasteiger partial charge in [-0.2, -0.15) is 9.97 Å². The molecule has 18 heteroatoms. The standard InChI is InChI=1S/C15H22FN3O6.C9H13N3O5/c1-3-4-5-6-24-15(23)18-12-9(16)7-19(14(22)17-12)13-11(21)10(20)8(2)25-13;10-5-1-2-12(9(16)11-5)8-7(15)6(14)4(3-13)17-8/h7-8,10-11,13,20-21H,3-6H2,1-2H3,(H,17,18,22,23);1-2,4,6-8,13-15H,3H2,(H2,10,11,16)/t8-,10-,11-,13-;4-,6-,7+,8-/m11/s1. The first-order chi connectivity index (χ1) is 19.9. The molecule has 42 heavy (non-hydrogen) atoms. The minimum absolute atomic E-state index is 0.0537. The van der Waals surface area contributed by atoms with E-state index < -0.39 is 84.8 Å². The molecule has 234 valence electrons. The Hall–Kier alpha value is -3.52. The zero-order chi connectivity index (χ0) is 31.1. The predicted molar refractivity (Wildman–Crippen MR) is 140 cm³/mol. The number of aliphatic hydroxyl groups excluding tert-OH is 5. The second-order valence-corrected chi connectivity index (χ2v) is 9.58. The van der Waals surface area contributed by atoms with Crippen molar-refractivity contribution in [3.8, 4) is 0 Å². The number of nitrogens with two attached hydrogens (primary N) is 1. The van der Waals surface area contributed by atoms with Gasteiger partial charge in [-0.15, -0.1) is 0 Å². The van der Waals surface area contributed by atoms with Crippen LogP contribution in [-0.4, -0.2) is 101 Å². The molecule has 0 radical (unpaired) electrons. The molecule has 4 rings (SSSR count). The fourth-order valence-electron chi connectivity index (χ4n) is 4.15. The largest absolute Gasteiger partial charge is 0.449 e. The maximum absolute atomic E-state index is 14.1.